The van der Waals surface area contributed by atoms with Gasteiger partial charge in [-0.15, -0.1) is 0 Å². The van der Waals surface area contributed by atoms with Crippen LogP contribution in [0, 0.1) is 0 Å². The molecule has 2 N–H and O–H groups in total. The predicted molar refractivity (Wildman–Crippen MR) is 74.3 cm³/mol. The second-order valence-electron chi connectivity index (χ2n) is 4.87. The molecule has 1 aliphatic rings. The van der Waals surface area contributed by atoms with Crippen LogP contribution in [0.4, 0.5) is 0 Å². The van der Waals surface area contributed by atoms with Gasteiger partial charge in [-0.25, -0.2) is 4.79 Å². The molecule has 6 nitrogen and oxygen atoms in total. The highest BCUT2D eigenvalue weighted by molar-refractivity contribution is 9.10. The number of rotatable bonds is 3. The summed E-state index contributed by atoms with van der Waals surface area (Å²) in [5.74, 6) is -0.591. The summed E-state index contributed by atoms with van der Waals surface area (Å²) in [4.78, 5) is 23.1. The van der Waals surface area contributed by atoms with Crippen molar-refractivity contribution in [2.24, 2.45) is 0 Å². The number of carboxylic acids is 1. The average Bonchev–Trinajstić information content (AvgIpc) is 2.38. The zero-order chi connectivity index (χ0) is 14.9. The number of amides is 1. The highest BCUT2D eigenvalue weighted by Gasteiger charge is 2.30. The Kier molecular flexibility index (Phi) is 3.89. The van der Waals surface area contributed by atoms with Crippen molar-refractivity contribution in [1.29, 1.82) is 0 Å². The fourth-order valence-electron chi connectivity index (χ4n) is 1.65. The van der Waals surface area contributed by atoms with Crippen molar-refractivity contribution in [2.75, 3.05) is 13.2 Å². The SMILES string of the molecule is CC(C)(NC(=O)c1cc(Br)c2c(c1)OCCO2)C(=O)O. The molecule has 0 radical (unpaired) electrons. The molecule has 0 atom stereocenters. The van der Waals surface area contributed by atoms with Gasteiger partial charge in [0.25, 0.3) is 5.91 Å². The van der Waals surface area contributed by atoms with Crippen molar-refractivity contribution >= 4 is 27.8 Å². The van der Waals surface area contributed by atoms with Crippen LogP contribution in [0.15, 0.2) is 16.6 Å². The summed E-state index contributed by atoms with van der Waals surface area (Å²) in [6.07, 6.45) is 0. The van der Waals surface area contributed by atoms with E-state index in [0.717, 1.165) is 0 Å². The third-order valence-electron chi connectivity index (χ3n) is 2.82. The molecule has 108 valence electrons. The number of nitrogens with one attached hydrogen (secondary N) is 1. The lowest BCUT2D eigenvalue weighted by Crippen LogP contribution is -2.49. The molecule has 0 saturated heterocycles. The minimum absolute atomic E-state index is 0.301. The number of hydrogen-bond acceptors (Lipinski definition) is 4. The van der Waals surface area contributed by atoms with Crippen LogP contribution in [-0.4, -0.2) is 35.7 Å². The standard InChI is InChI=1S/C13H14BrNO5/c1-13(2,12(17)18)15-11(16)7-5-8(14)10-9(6-7)19-3-4-20-10/h5-6H,3-4H2,1-2H3,(H,15,16)(H,17,18). The van der Waals surface area contributed by atoms with E-state index in [1.165, 1.54) is 19.9 Å². The number of benzene rings is 1. The first kappa shape index (κ1) is 14.6. The maximum atomic E-state index is 12.1. The number of carbonyl (C=O) groups is 2. The van der Waals surface area contributed by atoms with E-state index in [0.29, 0.717) is 34.7 Å². The zero-order valence-corrected chi connectivity index (χ0v) is 12.6. The Balaban J connectivity index is 2.27. The average molecular weight is 344 g/mol. The first-order valence-corrected chi connectivity index (χ1v) is 6.75. The van der Waals surface area contributed by atoms with Crippen molar-refractivity contribution in [3.8, 4) is 11.5 Å². The Labute approximate surface area is 124 Å². The Morgan fingerprint density at radius 1 is 1.30 bits per heavy atom. The van der Waals surface area contributed by atoms with E-state index < -0.39 is 17.4 Å². The molecular weight excluding hydrogens is 330 g/mol. The fourth-order valence-corrected chi connectivity index (χ4v) is 2.21. The third-order valence-corrected chi connectivity index (χ3v) is 3.41. The molecule has 20 heavy (non-hydrogen) atoms. The van der Waals surface area contributed by atoms with E-state index in [-0.39, 0.29) is 0 Å². The van der Waals surface area contributed by atoms with E-state index >= 15 is 0 Å². The molecule has 1 aromatic rings. The second-order valence-corrected chi connectivity index (χ2v) is 5.72. The van der Waals surface area contributed by atoms with Gasteiger partial charge in [0, 0.05) is 5.56 Å². The van der Waals surface area contributed by atoms with Crippen molar-refractivity contribution in [3.63, 3.8) is 0 Å². The number of fused-ring (bicyclic) bond motifs is 1. The van der Waals surface area contributed by atoms with Gasteiger partial charge in [-0.3, -0.25) is 4.79 Å². The number of hydrogen-bond donors (Lipinski definition) is 2. The summed E-state index contributed by atoms with van der Waals surface area (Å²) < 4.78 is 11.4. The zero-order valence-electron chi connectivity index (χ0n) is 11.0. The van der Waals surface area contributed by atoms with Crippen LogP contribution in [0.25, 0.3) is 0 Å². The Morgan fingerprint density at radius 2 is 1.95 bits per heavy atom. The summed E-state index contributed by atoms with van der Waals surface area (Å²) in [5.41, 5.74) is -1.05. The van der Waals surface area contributed by atoms with Crippen LogP contribution in [-0.2, 0) is 4.79 Å². The first-order chi connectivity index (χ1) is 9.31. The molecule has 7 heteroatoms. The number of ether oxygens (including phenoxy) is 2. The smallest absolute Gasteiger partial charge is 0.328 e. The summed E-state index contributed by atoms with van der Waals surface area (Å²) in [6.45, 7) is 3.69. The van der Waals surface area contributed by atoms with E-state index in [1.807, 2.05) is 0 Å². The van der Waals surface area contributed by atoms with Gasteiger partial charge in [0.1, 0.15) is 18.8 Å². The van der Waals surface area contributed by atoms with Crippen LogP contribution in [0.5, 0.6) is 11.5 Å². The van der Waals surface area contributed by atoms with Crippen molar-refractivity contribution in [3.05, 3.63) is 22.2 Å². The molecule has 0 saturated carbocycles. The normalized spacial score (nSPS) is 13.8. The number of halogens is 1. The fraction of sp³-hybridized carbons (Fsp3) is 0.385. The lowest BCUT2D eigenvalue weighted by atomic mass is 10.0. The largest absolute Gasteiger partial charge is 0.486 e. The van der Waals surface area contributed by atoms with Crippen LogP contribution >= 0.6 is 15.9 Å². The number of carboxylic acid groups (broad SMARTS) is 1. The molecule has 0 bridgehead atoms. The van der Waals surface area contributed by atoms with E-state index in [1.54, 1.807) is 6.07 Å². The van der Waals surface area contributed by atoms with Gasteiger partial charge >= 0.3 is 5.97 Å². The van der Waals surface area contributed by atoms with Crippen LogP contribution < -0.4 is 14.8 Å². The molecule has 0 aliphatic carbocycles. The first-order valence-electron chi connectivity index (χ1n) is 5.96. The number of aliphatic carboxylic acids is 1. The molecule has 0 unspecified atom stereocenters. The highest BCUT2D eigenvalue weighted by Crippen LogP contribution is 2.38. The molecule has 0 aromatic heterocycles. The summed E-state index contributed by atoms with van der Waals surface area (Å²) in [7, 11) is 0. The van der Waals surface area contributed by atoms with Crippen LogP contribution in [0.1, 0.15) is 24.2 Å². The number of carbonyl (C=O) groups excluding carboxylic acids is 1. The Bertz CT molecular complexity index is 570. The summed E-state index contributed by atoms with van der Waals surface area (Å²) in [6, 6.07) is 3.10. The van der Waals surface area contributed by atoms with Crippen molar-refractivity contribution in [2.45, 2.75) is 19.4 Å². The quantitative estimate of drug-likeness (QED) is 0.874. The molecule has 0 fully saturated rings. The minimum atomic E-state index is -1.35. The van der Waals surface area contributed by atoms with Gasteiger partial charge in [-0.1, -0.05) is 0 Å². The molecule has 1 heterocycles. The van der Waals surface area contributed by atoms with Crippen molar-refractivity contribution < 1.29 is 24.2 Å². The van der Waals surface area contributed by atoms with Gasteiger partial charge in [0.2, 0.25) is 0 Å². The lowest BCUT2D eigenvalue weighted by Gasteiger charge is -2.23. The summed E-state index contributed by atoms with van der Waals surface area (Å²) >= 11 is 3.31. The summed E-state index contributed by atoms with van der Waals surface area (Å²) in [5, 5.41) is 11.5. The topological polar surface area (TPSA) is 84.9 Å². The highest BCUT2D eigenvalue weighted by atomic mass is 79.9. The van der Waals surface area contributed by atoms with Crippen molar-refractivity contribution in [1.82, 2.24) is 5.32 Å². The minimum Gasteiger partial charge on any atom is -0.486 e. The van der Waals surface area contributed by atoms with E-state index in [9.17, 15) is 9.59 Å². The molecular formula is C13H14BrNO5. The van der Waals surface area contributed by atoms with E-state index in [2.05, 4.69) is 21.2 Å². The lowest BCUT2D eigenvalue weighted by molar-refractivity contribution is -0.143. The Hall–Kier alpha value is -1.76. The maximum absolute atomic E-state index is 12.1. The van der Waals surface area contributed by atoms with Gasteiger partial charge in [-0.05, 0) is 41.9 Å². The molecule has 1 aliphatic heterocycles. The second kappa shape index (κ2) is 5.32. The third kappa shape index (κ3) is 2.87. The van der Waals surface area contributed by atoms with Gasteiger partial charge < -0.3 is 19.9 Å². The van der Waals surface area contributed by atoms with Gasteiger partial charge in [0.15, 0.2) is 11.5 Å². The molecule has 1 amide bonds. The van der Waals surface area contributed by atoms with Gasteiger partial charge in [0.05, 0.1) is 4.47 Å². The monoisotopic (exact) mass is 343 g/mol. The molecule has 1 aromatic carbocycles. The van der Waals surface area contributed by atoms with Crippen LogP contribution in [0.2, 0.25) is 0 Å². The van der Waals surface area contributed by atoms with E-state index in [4.69, 9.17) is 14.6 Å². The predicted octanol–water partition coefficient (Wildman–Crippen LogP) is 1.81. The van der Waals surface area contributed by atoms with Gasteiger partial charge in [-0.2, -0.15) is 0 Å². The maximum Gasteiger partial charge on any atom is 0.328 e. The molecule has 0 spiro atoms. The van der Waals surface area contributed by atoms with Crippen LogP contribution in [0.3, 0.4) is 0 Å². The Morgan fingerprint density at radius 3 is 2.60 bits per heavy atom. The molecule has 2 rings (SSSR count).